The third-order valence-corrected chi connectivity index (χ3v) is 0.542. The van der Waals surface area contributed by atoms with E-state index in [1.54, 1.807) is 12.2 Å². The van der Waals surface area contributed by atoms with Gasteiger partial charge in [0.2, 0.25) is 0 Å². The molecule has 9 heavy (non-hydrogen) atoms. The SMILES string of the molecule is C/C=C/C=C/C(=O)O.[NH4+]. The zero-order valence-corrected chi connectivity index (χ0v) is 5.66. The molecule has 0 saturated heterocycles. The van der Waals surface area contributed by atoms with E-state index in [4.69, 9.17) is 5.11 Å². The van der Waals surface area contributed by atoms with Crippen LogP contribution in [0.4, 0.5) is 0 Å². The Bertz CT molecular complexity index is 127. The van der Waals surface area contributed by atoms with Gasteiger partial charge in [0.25, 0.3) is 0 Å². The van der Waals surface area contributed by atoms with Crippen LogP contribution in [0.2, 0.25) is 0 Å². The standard InChI is InChI=1S/C6H8O2.H3N/c1-2-3-4-5-6(7)8;/h2-5H,1H3,(H,7,8);1H3/p+1/b3-2+,5-4+;. The Labute approximate surface area is 54.3 Å². The second-order valence-electron chi connectivity index (χ2n) is 1.22. The van der Waals surface area contributed by atoms with Gasteiger partial charge in [-0.25, -0.2) is 4.79 Å². The number of aliphatic carboxylic acids is 1. The molecule has 52 valence electrons. The molecule has 0 spiro atoms. The predicted molar refractivity (Wildman–Crippen MR) is 37.6 cm³/mol. The number of carboxylic acids is 1. The molecule has 0 aliphatic carbocycles. The van der Waals surface area contributed by atoms with Crippen molar-refractivity contribution in [2.75, 3.05) is 0 Å². The van der Waals surface area contributed by atoms with E-state index in [-0.39, 0.29) is 6.15 Å². The van der Waals surface area contributed by atoms with E-state index < -0.39 is 5.97 Å². The number of quaternary nitrogens is 1. The molecule has 0 aromatic heterocycles. The topological polar surface area (TPSA) is 73.8 Å². The highest BCUT2D eigenvalue weighted by Crippen LogP contribution is 1.74. The van der Waals surface area contributed by atoms with Crippen LogP contribution in [0.15, 0.2) is 24.3 Å². The summed E-state index contributed by atoms with van der Waals surface area (Å²) >= 11 is 0. The molecule has 0 heterocycles. The molecule has 5 N–H and O–H groups in total. The molecule has 0 aromatic carbocycles. The van der Waals surface area contributed by atoms with Crippen LogP contribution in [0.5, 0.6) is 0 Å². The highest BCUT2D eigenvalue weighted by Gasteiger charge is 1.78. The van der Waals surface area contributed by atoms with E-state index in [0.717, 1.165) is 6.08 Å². The van der Waals surface area contributed by atoms with Crippen molar-refractivity contribution in [1.82, 2.24) is 6.15 Å². The third kappa shape index (κ3) is 10.9. The van der Waals surface area contributed by atoms with Crippen LogP contribution < -0.4 is 6.15 Å². The Balaban J connectivity index is 0. The summed E-state index contributed by atoms with van der Waals surface area (Å²) < 4.78 is 0. The van der Waals surface area contributed by atoms with Crippen LogP contribution >= 0.6 is 0 Å². The highest BCUT2D eigenvalue weighted by molar-refractivity contribution is 5.80. The van der Waals surface area contributed by atoms with Crippen molar-refractivity contribution in [2.24, 2.45) is 0 Å². The normalized spacial score (nSPS) is 9.89. The molecule has 0 saturated carbocycles. The molecule has 0 aliphatic rings. The second kappa shape index (κ2) is 6.91. The molecule has 0 aliphatic heterocycles. The Morgan fingerprint density at radius 2 is 2.00 bits per heavy atom. The van der Waals surface area contributed by atoms with Crippen LogP contribution in [0.3, 0.4) is 0 Å². The summed E-state index contributed by atoms with van der Waals surface area (Å²) in [5, 5.41) is 8.02. The van der Waals surface area contributed by atoms with Crippen LogP contribution in [0.25, 0.3) is 0 Å². The van der Waals surface area contributed by atoms with E-state index in [1.807, 2.05) is 6.92 Å². The fraction of sp³-hybridized carbons (Fsp3) is 0.167. The first kappa shape index (κ1) is 10.8. The Kier molecular flexibility index (Phi) is 8.30. The zero-order chi connectivity index (χ0) is 6.41. The van der Waals surface area contributed by atoms with Gasteiger partial charge in [-0.2, -0.15) is 0 Å². The van der Waals surface area contributed by atoms with Crippen LogP contribution in [-0.4, -0.2) is 11.1 Å². The minimum atomic E-state index is -0.914. The Morgan fingerprint density at radius 1 is 1.44 bits per heavy atom. The summed E-state index contributed by atoms with van der Waals surface area (Å²) in [5.74, 6) is -0.914. The van der Waals surface area contributed by atoms with Crippen molar-refractivity contribution < 1.29 is 9.90 Å². The number of hydrogen-bond acceptors (Lipinski definition) is 1. The lowest BCUT2D eigenvalue weighted by Crippen LogP contribution is -1.83. The molecule has 0 fully saturated rings. The van der Waals surface area contributed by atoms with Gasteiger partial charge in [-0.3, -0.25) is 0 Å². The smallest absolute Gasteiger partial charge is 0.328 e. The maximum absolute atomic E-state index is 9.75. The highest BCUT2D eigenvalue weighted by atomic mass is 16.4. The number of allylic oxidation sites excluding steroid dienone is 3. The second-order valence-corrected chi connectivity index (χ2v) is 1.22. The average molecular weight is 130 g/mol. The van der Waals surface area contributed by atoms with Gasteiger partial charge < -0.3 is 11.3 Å². The van der Waals surface area contributed by atoms with Crippen molar-refractivity contribution in [2.45, 2.75) is 6.92 Å². The van der Waals surface area contributed by atoms with Crippen LogP contribution in [0, 0.1) is 0 Å². The van der Waals surface area contributed by atoms with E-state index in [0.29, 0.717) is 0 Å². The molecule has 0 radical (unpaired) electrons. The number of carboxylic acid groups (broad SMARTS) is 1. The lowest BCUT2D eigenvalue weighted by Gasteiger charge is -1.72. The summed E-state index contributed by atoms with van der Waals surface area (Å²) in [4.78, 5) is 9.75. The summed E-state index contributed by atoms with van der Waals surface area (Å²) in [5.41, 5.74) is 0. The first-order valence-corrected chi connectivity index (χ1v) is 2.29. The monoisotopic (exact) mass is 130 g/mol. The van der Waals surface area contributed by atoms with Crippen LogP contribution in [-0.2, 0) is 4.79 Å². The van der Waals surface area contributed by atoms with Gasteiger partial charge in [0.1, 0.15) is 0 Å². The average Bonchev–Trinajstić information content (AvgIpc) is 1.66. The first-order chi connectivity index (χ1) is 3.77. The lowest BCUT2D eigenvalue weighted by atomic mass is 10.4. The third-order valence-electron chi connectivity index (χ3n) is 0.542. The molecule has 0 rings (SSSR count). The minimum absolute atomic E-state index is 0. The maximum atomic E-state index is 9.75. The summed E-state index contributed by atoms with van der Waals surface area (Å²) in [6.07, 6.45) is 5.98. The fourth-order valence-electron chi connectivity index (χ4n) is 0.249. The number of hydrogen-bond donors (Lipinski definition) is 2. The van der Waals surface area contributed by atoms with E-state index in [1.165, 1.54) is 6.08 Å². The van der Waals surface area contributed by atoms with Crippen molar-refractivity contribution in [1.29, 1.82) is 0 Å². The number of rotatable bonds is 2. The molecule has 0 atom stereocenters. The van der Waals surface area contributed by atoms with Crippen molar-refractivity contribution in [3.8, 4) is 0 Å². The van der Waals surface area contributed by atoms with Gasteiger partial charge in [0, 0.05) is 6.08 Å². The van der Waals surface area contributed by atoms with Gasteiger partial charge in [-0.1, -0.05) is 18.2 Å². The van der Waals surface area contributed by atoms with Crippen molar-refractivity contribution in [3.63, 3.8) is 0 Å². The van der Waals surface area contributed by atoms with Crippen LogP contribution in [0.1, 0.15) is 6.92 Å². The molecule has 0 aromatic rings. The summed E-state index contributed by atoms with van der Waals surface area (Å²) in [6.45, 7) is 1.83. The zero-order valence-electron chi connectivity index (χ0n) is 5.66. The quantitative estimate of drug-likeness (QED) is 0.440. The van der Waals surface area contributed by atoms with Gasteiger partial charge in [0.15, 0.2) is 0 Å². The number of carbonyl (C=O) groups is 1. The van der Waals surface area contributed by atoms with Crippen molar-refractivity contribution in [3.05, 3.63) is 24.3 Å². The fourth-order valence-corrected chi connectivity index (χ4v) is 0.249. The molecule has 0 bridgehead atoms. The maximum Gasteiger partial charge on any atom is 0.328 e. The van der Waals surface area contributed by atoms with E-state index in [9.17, 15) is 4.79 Å². The van der Waals surface area contributed by atoms with Gasteiger partial charge >= 0.3 is 5.97 Å². The molecular formula is C6H12NO2+. The van der Waals surface area contributed by atoms with Crippen molar-refractivity contribution >= 4 is 5.97 Å². The lowest BCUT2D eigenvalue weighted by molar-refractivity contribution is -0.131. The van der Waals surface area contributed by atoms with E-state index >= 15 is 0 Å². The van der Waals surface area contributed by atoms with E-state index in [2.05, 4.69) is 0 Å². The predicted octanol–water partition coefficient (Wildman–Crippen LogP) is 1.58. The molecule has 3 heteroatoms. The molecule has 3 nitrogen and oxygen atoms in total. The Hall–Kier alpha value is -1.09. The molecule has 0 unspecified atom stereocenters. The summed E-state index contributed by atoms with van der Waals surface area (Å²) in [6, 6.07) is 0. The first-order valence-electron chi connectivity index (χ1n) is 2.29. The van der Waals surface area contributed by atoms with Gasteiger partial charge in [0.05, 0.1) is 0 Å². The summed E-state index contributed by atoms with van der Waals surface area (Å²) in [7, 11) is 0. The van der Waals surface area contributed by atoms with Gasteiger partial charge in [-0.05, 0) is 6.92 Å². The van der Waals surface area contributed by atoms with Gasteiger partial charge in [-0.15, -0.1) is 0 Å². The molecular weight excluding hydrogens is 118 g/mol. The Morgan fingerprint density at radius 3 is 2.33 bits per heavy atom. The largest absolute Gasteiger partial charge is 0.478 e. The molecule has 0 amide bonds. The minimum Gasteiger partial charge on any atom is -0.478 e.